The quantitative estimate of drug-likeness (QED) is 0.373. The second kappa shape index (κ2) is 10.3. The first-order valence-corrected chi connectivity index (χ1v) is 10.6. The van der Waals surface area contributed by atoms with Gasteiger partial charge in [0.05, 0.1) is 36.4 Å². The molecule has 4 aromatic rings. The van der Waals surface area contributed by atoms with E-state index in [1.807, 2.05) is 0 Å². The van der Waals surface area contributed by atoms with Gasteiger partial charge in [0.25, 0.3) is 5.56 Å². The minimum atomic E-state index is -3.07. The van der Waals surface area contributed by atoms with Gasteiger partial charge in [0.1, 0.15) is 5.82 Å². The molecular formula is C26H20F2N2O6. The summed E-state index contributed by atoms with van der Waals surface area (Å²) >= 11 is 0. The number of aromatic carboxylic acids is 1. The SMILES string of the molecule is COc1cc(/C=C/c2nc3ccccc3c(=O)n2-c2ccc(C(=O)O)cc2)cc(OC)c1OC(F)F. The maximum Gasteiger partial charge on any atom is 0.387 e. The Morgan fingerprint density at radius 1 is 1.00 bits per heavy atom. The van der Waals surface area contributed by atoms with E-state index in [0.717, 1.165) is 0 Å². The Bertz CT molecular complexity index is 1490. The first-order chi connectivity index (χ1) is 17.3. The summed E-state index contributed by atoms with van der Waals surface area (Å²) < 4.78 is 42.0. The highest BCUT2D eigenvalue weighted by molar-refractivity contribution is 5.88. The van der Waals surface area contributed by atoms with E-state index >= 15 is 0 Å². The van der Waals surface area contributed by atoms with Crippen LogP contribution in [-0.2, 0) is 0 Å². The van der Waals surface area contributed by atoms with E-state index in [1.165, 1.54) is 55.2 Å². The summed E-state index contributed by atoms with van der Waals surface area (Å²) in [5.74, 6) is -1.02. The van der Waals surface area contributed by atoms with Gasteiger partial charge in [-0.05, 0) is 60.2 Å². The Labute approximate surface area is 203 Å². The van der Waals surface area contributed by atoms with E-state index in [9.17, 15) is 23.5 Å². The maximum absolute atomic E-state index is 13.4. The molecule has 0 spiro atoms. The zero-order chi connectivity index (χ0) is 25.8. The summed E-state index contributed by atoms with van der Waals surface area (Å²) in [6, 6.07) is 15.6. The van der Waals surface area contributed by atoms with E-state index < -0.39 is 12.6 Å². The summed E-state index contributed by atoms with van der Waals surface area (Å²) in [5.41, 5.74) is 1.11. The number of fused-ring (bicyclic) bond motifs is 1. The van der Waals surface area contributed by atoms with Crippen LogP contribution in [0.15, 0.2) is 65.5 Å². The number of rotatable bonds is 8. The lowest BCUT2D eigenvalue weighted by Crippen LogP contribution is -2.22. The van der Waals surface area contributed by atoms with E-state index in [4.69, 9.17) is 9.47 Å². The third-order valence-corrected chi connectivity index (χ3v) is 5.29. The fourth-order valence-electron chi connectivity index (χ4n) is 3.64. The first kappa shape index (κ1) is 24.4. The Kier molecular flexibility index (Phi) is 6.95. The predicted molar refractivity (Wildman–Crippen MR) is 129 cm³/mol. The zero-order valence-electron chi connectivity index (χ0n) is 19.1. The van der Waals surface area contributed by atoms with Gasteiger partial charge in [-0.2, -0.15) is 8.78 Å². The van der Waals surface area contributed by atoms with Crippen LogP contribution in [0.2, 0.25) is 0 Å². The van der Waals surface area contributed by atoms with Crippen LogP contribution in [-0.4, -0.2) is 41.5 Å². The molecule has 1 N–H and O–H groups in total. The van der Waals surface area contributed by atoms with Gasteiger partial charge in [-0.1, -0.05) is 18.2 Å². The number of carboxylic acids is 1. The average molecular weight is 494 g/mol. The number of aromatic nitrogens is 2. The van der Waals surface area contributed by atoms with Crippen molar-refractivity contribution in [1.29, 1.82) is 0 Å². The van der Waals surface area contributed by atoms with E-state index in [2.05, 4.69) is 9.72 Å². The Hall–Kier alpha value is -4.73. The fraction of sp³-hybridized carbons (Fsp3) is 0.115. The largest absolute Gasteiger partial charge is 0.493 e. The van der Waals surface area contributed by atoms with Crippen molar-refractivity contribution >= 4 is 29.0 Å². The Morgan fingerprint density at radius 2 is 1.64 bits per heavy atom. The van der Waals surface area contributed by atoms with Crippen molar-refractivity contribution in [3.8, 4) is 22.9 Å². The molecule has 0 bridgehead atoms. The van der Waals surface area contributed by atoms with Gasteiger partial charge >= 0.3 is 12.6 Å². The van der Waals surface area contributed by atoms with Gasteiger partial charge in [-0.15, -0.1) is 0 Å². The second-order valence-corrected chi connectivity index (χ2v) is 7.45. The van der Waals surface area contributed by atoms with Gasteiger partial charge in [-0.3, -0.25) is 9.36 Å². The molecule has 0 aliphatic carbocycles. The molecule has 0 fully saturated rings. The lowest BCUT2D eigenvalue weighted by atomic mass is 10.1. The molecule has 0 radical (unpaired) electrons. The lowest BCUT2D eigenvalue weighted by molar-refractivity contribution is -0.0526. The summed E-state index contributed by atoms with van der Waals surface area (Å²) in [4.78, 5) is 29.2. The summed E-state index contributed by atoms with van der Waals surface area (Å²) in [7, 11) is 2.62. The van der Waals surface area contributed by atoms with Crippen molar-refractivity contribution in [2.45, 2.75) is 6.61 Å². The van der Waals surface area contributed by atoms with Gasteiger partial charge in [0.15, 0.2) is 11.5 Å². The topological polar surface area (TPSA) is 99.9 Å². The van der Waals surface area contributed by atoms with Crippen LogP contribution in [0.3, 0.4) is 0 Å². The molecule has 0 saturated heterocycles. The number of nitrogens with zero attached hydrogens (tertiary/aromatic N) is 2. The van der Waals surface area contributed by atoms with Gasteiger partial charge in [-0.25, -0.2) is 9.78 Å². The number of halogens is 2. The van der Waals surface area contributed by atoms with Crippen LogP contribution in [0.1, 0.15) is 21.7 Å². The van der Waals surface area contributed by atoms with Crippen LogP contribution in [0.5, 0.6) is 17.2 Å². The molecule has 0 aliphatic heterocycles. The molecule has 1 aromatic heterocycles. The third kappa shape index (κ3) is 4.88. The van der Waals surface area contributed by atoms with Crippen molar-refractivity contribution in [3.05, 3.63) is 88.0 Å². The highest BCUT2D eigenvalue weighted by Gasteiger charge is 2.18. The van der Waals surface area contributed by atoms with Crippen LogP contribution in [0, 0.1) is 0 Å². The predicted octanol–water partition coefficient (Wildman–Crippen LogP) is 4.87. The highest BCUT2D eigenvalue weighted by atomic mass is 19.3. The number of ether oxygens (including phenoxy) is 3. The van der Waals surface area contributed by atoms with Gasteiger partial charge in [0.2, 0.25) is 5.75 Å². The van der Waals surface area contributed by atoms with Gasteiger partial charge in [0, 0.05) is 0 Å². The molecule has 10 heteroatoms. The Morgan fingerprint density at radius 3 is 2.22 bits per heavy atom. The summed E-state index contributed by atoms with van der Waals surface area (Å²) in [5, 5.41) is 9.58. The molecule has 36 heavy (non-hydrogen) atoms. The van der Waals surface area contributed by atoms with Crippen molar-refractivity contribution in [2.75, 3.05) is 14.2 Å². The van der Waals surface area contributed by atoms with Crippen LogP contribution >= 0.6 is 0 Å². The van der Waals surface area contributed by atoms with Crippen molar-refractivity contribution in [3.63, 3.8) is 0 Å². The van der Waals surface area contributed by atoms with E-state index in [1.54, 1.807) is 36.4 Å². The van der Waals surface area contributed by atoms with E-state index in [-0.39, 0.29) is 34.2 Å². The molecule has 0 atom stereocenters. The summed E-state index contributed by atoms with van der Waals surface area (Å²) in [6.07, 6.45) is 3.18. The molecule has 184 valence electrons. The molecular weight excluding hydrogens is 474 g/mol. The normalized spacial score (nSPS) is 11.2. The van der Waals surface area contributed by atoms with Crippen molar-refractivity contribution < 1.29 is 32.9 Å². The molecule has 0 aliphatic rings. The smallest absolute Gasteiger partial charge is 0.387 e. The van der Waals surface area contributed by atoms with Crippen LogP contribution in [0.4, 0.5) is 8.78 Å². The third-order valence-electron chi connectivity index (χ3n) is 5.29. The molecule has 8 nitrogen and oxygen atoms in total. The minimum absolute atomic E-state index is 0.0300. The van der Waals surface area contributed by atoms with Crippen LogP contribution < -0.4 is 19.8 Å². The monoisotopic (exact) mass is 494 g/mol. The number of methoxy groups -OCH3 is 2. The summed E-state index contributed by atoms with van der Waals surface area (Å²) in [6.45, 7) is -3.07. The number of hydrogen-bond donors (Lipinski definition) is 1. The standard InChI is InChI=1S/C26H20F2N2O6/c1-34-20-13-15(14-21(35-2)23(20)36-26(27)28)7-12-22-29-19-6-4-3-5-18(19)24(31)30(22)17-10-8-16(9-11-17)25(32)33/h3-14,26H,1-2H3,(H,32,33)/b12-7+. The van der Waals surface area contributed by atoms with Crippen molar-refractivity contribution in [2.24, 2.45) is 0 Å². The molecule has 0 saturated carbocycles. The minimum Gasteiger partial charge on any atom is -0.493 e. The van der Waals surface area contributed by atoms with Gasteiger partial charge < -0.3 is 19.3 Å². The lowest BCUT2D eigenvalue weighted by Gasteiger charge is -2.15. The molecule has 4 rings (SSSR count). The highest BCUT2D eigenvalue weighted by Crippen LogP contribution is 2.40. The molecule has 0 unspecified atom stereocenters. The molecule has 0 amide bonds. The molecule has 3 aromatic carbocycles. The molecule has 1 heterocycles. The first-order valence-electron chi connectivity index (χ1n) is 10.6. The average Bonchev–Trinajstić information content (AvgIpc) is 2.87. The van der Waals surface area contributed by atoms with Crippen molar-refractivity contribution in [1.82, 2.24) is 9.55 Å². The number of carboxylic acid groups (broad SMARTS) is 1. The second-order valence-electron chi connectivity index (χ2n) is 7.45. The number of para-hydroxylation sites is 1. The fourth-order valence-corrected chi connectivity index (χ4v) is 3.64. The zero-order valence-corrected chi connectivity index (χ0v) is 19.1. The van der Waals surface area contributed by atoms with Crippen LogP contribution in [0.25, 0.3) is 28.7 Å². The maximum atomic E-state index is 13.4. The number of hydrogen-bond acceptors (Lipinski definition) is 6. The Balaban J connectivity index is 1.86. The number of alkyl halides is 2. The number of carbonyl (C=O) groups is 1. The van der Waals surface area contributed by atoms with E-state index in [0.29, 0.717) is 22.2 Å². The number of benzene rings is 3.